The van der Waals surface area contributed by atoms with Gasteiger partial charge in [0.25, 0.3) is 5.91 Å². The summed E-state index contributed by atoms with van der Waals surface area (Å²) in [5.74, 6) is 0.152. The molecule has 0 aromatic carbocycles. The van der Waals surface area contributed by atoms with E-state index in [0.29, 0.717) is 26.2 Å². The molecule has 0 spiro atoms. The minimum atomic E-state index is -0.509. The van der Waals surface area contributed by atoms with Crippen molar-refractivity contribution in [2.24, 2.45) is 5.92 Å². The van der Waals surface area contributed by atoms with Crippen LogP contribution in [0.1, 0.15) is 39.7 Å². The lowest BCUT2D eigenvalue weighted by Gasteiger charge is -2.28. The molecule has 2 unspecified atom stereocenters. The first kappa shape index (κ1) is 21.2. The average molecular weight is 377 g/mol. The lowest BCUT2D eigenvalue weighted by Crippen LogP contribution is -2.42. The molecule has 0 aliphatic carbocycles. The predicted molar refractivity (Wildman–Crippen MR) is 102 cm³/mol. The van der Waals surface area contributed by atoms with Crippen molar-refractivity contribution in [2.45, 2.75) is 52.4 Å². The molecule has 27 heavy (non-hydrogen) atoms. The maximum atomic E-state index is 12.7. The van der Waals surface area contributed by atoms with Gasteiger partial charge in [0.1, 0.15) is 11.7 Å². The van der Waals surface area contributed by atoms with Gasteiger partial charge in [-0.3, -0.25) is 9.78 Å². The third-order valence-electron chi connectivity index (χ3n) is 4.53. The Morgan fingerprint density at radius 3 is 2.74 bits per heavy atom. The molecule has 1 aliphatic rings. The van der Waals surface area contributed by atoms with Crippen molar-refractivity contribution >= 4 is 12.0 Å². The molecule has 2 rings (SSSR count). The van der Waals surface area contributed by atoms with Gasteiger partial charge in [-0.2, -0.15) is 0 Å². The second-order valence-corrected chi connectivity index (χ2v) is 8.04. The van der Waals surface area contributed by atoms with Crippen molar-refractivity contribution in [3.05, 3.63) is 30.1 Å². The number of aromatic nitrogens is 1. The summed E-state index contributed by atoms with van der Waals surface area (Å²) in [5.41, 5.74) is 0.460. The molecule has 150 valence electrons. The first-order chi connectivity index (χ1) is 12.7. The van der Waals surface area contributed by atoms with E-state index in [4.69, 9.17) is 9.47 Å². The summed E-state index contributed by atoms with van der Waals surface area (Å²) in [6.07, 6.45) is 3.52. The van der Waals surface area contributed by atoms with Crippen LogP contribution in [0, 0.1) is 5.92 Å². The summed E-state index contributed by atoms with van der Waals surface area (Å²) in [6.45, 7) is 9.61. The van der Waals surface area contributed by atoms with Gasteiger partial charge in [0.05, 0.1) is 0 Å². The fourth-order valence-electron chi connectivity index (χ4n) is 3.09. The molecule has 7 heteroatoms. The van der Waals surface area contributed by atoms with Crippen LogP contribution in [-0.4, -0.2) is 65.2 Å². The van der Waals surface area contributed by atoms with Crippen molar-refractivity contribution in [1.29, 1.82) is 0 Å². The fraction of sp³-hybridized carbons (Fsp3) is 0.650. The van der Waals surface area contributed by atoms with E-state index in [2.05, 4.69) is 4.98 Å². The Kier molecular flexibility index (Phi) is 7.18. The normalized spacial score (nSPS) is 18.3. The Morgan fingerprint density at radius 2 is 2.15 bits per heavy atom. The highest BCUT2D eigenvalue weighted by atomic mass is 16.6. The van der Waals surface area contributed by atoms with Crippen molar-refractivity contribution in [3.8, 4) is 0 Å². The highest BCUT2D eigenvalue weighted by Crippen LogP contribution is 2.21. The average Bonchev–Trinajstić information content (AvgIpc) is 3.08. The topological polar surface area (TPSA) is 72.0 Å². The largest absolute Gasteiger partial charge is 0.444 e. The second-order valence-electron chi connectivity index (χ2n) is 8.04. The van der Waals surface area contributed by atoms with Gasteiger partial charge in [0.2, 0.25) is 0 Å². The van der Waals surface area contributed by atoms with Gasteiger partial charge >= 0.3 is 6.09 Å². The third kappa shape index (κ3) is 6.50. The molecule has 1 fully saturated rings. The standard InChI is InChI=1S/C20H31N3O4/c1-15(26-5)18(24)23(12-16-7-6-9-21-11-16)14-17-8-10-22(13-17)19(25)27-20(2,3)4/h6-7,9,11,15,17H,8,10,12-14H2,1-5H3. The summed E-state index contributed by atoms with van der Waals surface area (Å²) >= 11 is 0. The van der Waals surface area contributed by atoms with Gasteiger partial charge in [-0.1, -0.05) is 6.07 Å². The summed E-state index contributed by atoms with van der Waals surface area (Å²) in [7, 11) is 1.53. The number of hydrogen-bond acceptors (Lipinski definition) is 5. The lowest BCUT2D eigenvalue weighted by atomic mass is 10.1. The quantitative estimate of drug-likeness (QED) is 0.762. The van der Waals surface area contributed by atoms with Crippen LogP contribution in [0.2, 0.25) is 0 Å². The van der Waals surface area contributed by atoms with E-state index in [-0.39, 0.29) is 17.9 Å². The molecule has 1 saturated heterocycles. The summed E-state index contributed by atoms with van der Waals surface area (Å²) in [4.78, 5) is 32.7. The summed E-state index contributed by atoms with van der Waals surface area (Å²) < 4.78 is 10.7. The second kappa shape index (κ2) is 9.17. The molecule has 2 atom stereocenters. The van der Waals surface area contributed by atoms with Gasteiger partial charge in [-0.15, -0.1) is 0 Å². The van der Waals surface area contributed by atoms with E-state index in [1.165, 1.54) is 7.11 Å². The van der Waals surface area contributed by atoms with Crippen LogP contribution in [0.5, 0.6) is 0 Å². The van der Waals surface area contributed by atoms with Gasteiger partial charge < -0.3 is 19.3 Å². The van der Waals surface area contributed by atoms with E-state index in [1.807, 2.05) is 32.9 Å². The fourth-order valence-corrected chi connectivity index (χ4v) is 3.09. The number of carbonyl (C=O) groups is 2. The minimum Gasteiger partial charge on any atom is -0.444 e. The molecule has 0 bridgehead atoms. The first-order valence-corrected chi connectivity index (χ1v) is 9.38. The maximum Gasteiger partial charge on any atom is 0.410 e. The van der Waals surface area contributed by atoms with Crippen molar-refractivity contribution in [3.63, 3.8) is 0 Å². The monoisotopic (exact) mass is 377 g/mol. The maximum absolute atomic E-state index is 12.7. The minimum absolute atomic E-state index is 0.0583. The van der Waals surface area contributed by atoms with Crippen LogP contribution >= 0.6 is 0 Å². The van der Waals surface area contributed by atoms with E-state index < -0.39 is 11.7 Å². The summed E-state index contributed by atoms with van der Waals surface area (Å²) in [5, 5.41) is 0. The number of hydrogen-bond donors (Lipinski definition) is 0. The molecule has 0 N–H and O–H groups in total. The zero-order chi connectivity index (χ0) is 20.0. The third-order valence-corrected chi connectivity index (χ3v) is 4.53. The Hall–Kier alpha value is -2.15. The highest BCUT2D eigenvalue weighted by molar-refractivity contribution is 5.80. The van der Waals surface area contributed by atoms with E-state index >= 15 is 0 Å². The predicted octanol–water partition coefficient (Wildman–Crippen LogP) is 2.70. The van der Waals surface area contributed by atoms with Crippen molar-refractivity contribution < 1.29 is 19.1 Å². The van der Waals surface area contributed by atoms with Gasteiger partial charge in [0.15, 0.2) is 0 Å². The number of rotatable bonds is 6. The number of carbonyl (C=O) groups excluding carboxylic acids is 2. The van der Waals surface area contributed by atoms with Crippen molar-refractivity contribution in [2.75, 3.05) is 26.7 Å². The van der Waals surface area contributed by atoms with E-state index in [0.717, 1.165) is 12.0 Å². The van der Waals surface area contributed by atoms with E-state index in [1.54, 1.807) is 29.1 Å². The Bertz CT molecular complexity index is 630. The molecule has 1 aromatic heterocycles. The van der Waals surface area contributed by atoms with Gasteiger partial charge in [-0.25, -0.2) is 4.79 Å². The molecule has 7 nitrogen and oxygen atoms in total. The smallest absolute Gasteiger partial charge is 0.410 e. The molecule has 0 saturated carbocycles. The number of amides is 2. The molecule has 2 heterocycles. The van der Waals surface area contributed by atoms with Crippen LogP contribution in [0.15, 0.2) is 24.5 Å². The SMILES string of the molecule is COC(C)C(=O)N(Cc1cccnc1)CC1CCN(C(=O)OC(C)(C)C)C1. The van der Waals surface area contributed by atoms with Crippen LogP contribution in [-0.2, 0) is 20.8 Å². The zero-order valence-electron chi connectivity index (χ0n) is 17.0. The number of pyridine rings is 1. The zero-order valence-corrected chi connectivity index (χ0v) is 17.0. The highest BCUT2D eigenvalue weighted by Gasteiger charge is 2.32. The number of nitrogens with zero attached hydrogens (tertiary/aromatic N) is 3. The van der Waals surface area contributed by atoms with Crippen LogP contribution in [0.25, 0.3) is 0 Å². The lowest BCUT2D eigenvalue weighted by molar-refractivity contribution is -0.142. The van der Waals surface area contributed by atoms with E-state index in [9.17, 15) is 9.59 Å². The molecule has 0 radical (unpaired) electrons. The Morgan fingerprint density at radius 1 is 1.41 bits per heavy atom. The summed E-state index contributed by atoms with van der Waals surface area (Å²) in [6, 6.07) is 3.81. The first-order valence-electron chi connectivity index (χ1n) is 9.38. The van der Waals surface area contributed by atoms with Crippen LogP contribution < -0.4 is 0 Å². The molecule has 1 aromatic rings. The number of ether oxygens (including phenoxy) is 2. The number of methoxy groups -OCH3 is 1. The molecular formula is C20H31N3O4. The van der Waals surface area contributed by atoms with Gasteiger partial charge in [0, 0.05) is 45.7 Å². The molecular weight excluding hydrogens is 346 g/mol. The molecule has 1 aliphatic heterocycles. The van der Waals surface area contributed by atoms with Crippen LogP contribution in [0.4, 0.5) is 4.79 Å². The number of likely N-dealkylation sites (tertiary alicyclic amines) is 1. The van der Waals surface area contributed by atoms with Crippen LogP contribution in [0.3, 0.4) is 0 Å². The Balaban J connectivity index is 2.00. The van der Waals surface area contributed by atoms with Gasteiger partial charge in [-0.05, 0) is 51.7 Å². The molecule has 2 amide bonds. The van der Waals surface area contributed by atoms with Crippen molar-refractivity contribution in [1.82, 2.24) is 14.8 Å². The Labute approximate surface area is 161 Å².